The molecule has 0 bridgehead atoms. The van der Waals surface area contributed by atoms with Gasteiger partial charge >= 0.3 is 0 Å². The Balaban J connectivity index is 1.73. The quantitative estimate of drug-likeness (QED) is 0.799. The number of aliphatic hydroxyl groups is 1. The van der Waals surface area contributed by atoms with Crippen molar-refractivity contribution in [2.75, 3.05) is 0 Å². The molecule has 106 valence electrons. The average Bonchev–Trinajstić information content (AvgIpc) is 2.49. The zero-order chi connectivity index (χ0) is 14.2. The summed E-state index contributed by atoms with van der Waals surface area (Å²) in [5.41, 5.74) is 3.94. The molecule has 0 fully saturated rings. The minimum atomic E-state index is -0.230. The van der Waals surface area contributed by atoms with E-state index in [0.717, 1.165) is 32.1 Å². The summed E-state index contributed by atoms with van der Waals surface area (Å²) < 4.78 is 0. The lowest BCUT2D eigenvalue weighted by Crippen LogP contribution is -2.10. The van der Waals surface area contributed by atoms with Crippen molar-refractivity contribution in [3.8, 4) is 0 Å². The van der Waals surface area contributed by atoms with Crippen LogP contribution in [0.4, 0.5) is 0 Å². The van der Waals surface area contributed by atoms with Gasteiger partial charge in [-0.1, -0.05) is 61.5 Å². The average molecular weight is 268 g/mol. The maximum absolute atomic E-state index is 10.1. The number of aryl methyl sites for hydroxylation is 2. The molecule has 0 spiro atoms. The van der Waals surface area contributed by atoms with Gasteiger partial charge < -0.3 is 5.11 Å². The number of benzene rings is 2. The molecule has 0 saturated carbocycles. The van der Waals surface area contributed by atoms with E-state index in [1.807, 2.05) is 6.07 Å². The first kappa shape index (κ1) is 14.8. The molecular formula is C19H24O. The second-order valence-corrected chi connectivity index (χ2v) is 5.41. The van der Waals surface area contributed by atoms with Gasteiger partial charge in [0.15, 0.2) is 0 Å². The van der Waals surface area contributed by atoms with E-state index in [1.54, 1.807) is 0 Å². The van der Waals surface area contributed by atoms with Crippen molar-refractivity contribution in [3.05, 3.63) is 71.3 Å². The SMILES string of the molecule is CCc1ccc(CC(O)CCCc2ccccc2)cc1. The van der Waals surface area contributed by atoms with E-state index in [9.17, 15) is 5.11 Å². The molecule has 0 aliphatic carbocycles. The monoisotopic (exact) mass is 268 g/mol. The van der Waals surface area contributed by atoms with Crippen molar-refractivity contribution in [3.63, 3.8) is 0 Å². The van der Waals surface area contributed by atoms with Crippen LogP contribution in [-0.4, -0.2) is 11.2 Å². The van der Waals surface area contributed by atoms with E-state index in [-0.39, 0.29) is 6.10 Å². The fourth-order valence-electron chi connectivity index (χ4n) is 2.47. The van der Waals surface area contributed by atoms with Crippen molar-refractivity contribution in [2.45, 2.75) is 45.1 Å². The molecule has 2 rings (SSSR count). The fraction of sp³-hybridized carbons (Fsp3) is 0.368. The Morgan fingerprint density at radius 1 is 0.850 bits per heavy atom. The van der Waals surface area contributed by atoms with Gasteiger partial charge in [0.2, 0.25) is 0 Å². The number of rotatable bonds is 7. The van der Waals surface area contributed by atoms with Gasteiger partial charge in [0, 0.05) is 0 Å². The van der Waals surface area contributed by atoms with Gasteiger partial charge in [0.05, 0.1) is 6.10 Å². The van der Waals surface area contributed by atoms with Crippen LogP contribution in [0.3, 0.4) is 0 Å². The van der Waals surface area contributed by atoms with E-state index in [0.29, 0.717) is 0 Å². The summed E-state index contributed by atoms with van der Waals surface area (Å²) in [5, 5.41) is 10.1. The smallest absolute Gasteiger partial charge is 0.0580 e. The van der Waals surface area contributed by atoms with Crippen LogP contribution in [0.2, 0.25) is 0 Å². The Hall–Kier alpha value is -1.60. The van der Waals surface area contributed by atoms with Gasteiger partial charge in [-0.25, -0.2) is 0 Å². The van der Waals surface area contributed by atoms with E-state index in [1.165, 1.54) is 16.7 Å². The van der Waals surface area contributed by atoms with Crippen LogP contribution in [0.1, 0.15) is 36.5 Å². The molecule has 1 atom stereocenters. The highest BCUT2D eigenvalue weighted by Gasteiger charge is 2.05. The third kappa shape index (κ3) is 4.82. The number of aliphatic hydroxyl groups excluding tert-OH is 1. The van der Waals surface area contributed by atoms with Crippen LogP contribution in [0.15, 0.2) is 54.6 Å². The summed E-state index contributed by atoms with van der Waals surface area (Å²) in [5.74, 6) is 0. The van der Waals surface area contributed by atoms with Crippen LogP contribution >= 0.6 is 0 Å². The summed E-state index contributed by atoms with van der Waals surface area (Å²) in [6.07, 6.45) is 4.56. The van der Waals surface area contributed by atoms with Gasteiger partial charge in [0.25, 0.3) is 0 Å². The summed E-state index contributed by atoms with van der Waals surface area (Å²) in [7, 11) is 0. The van der Waals surface area contributed by atoms with Crippen molar-refractivity contribution >= 4 is 0 Å². The lowest BCUT2D eigenvalue weighted by atomic mass is 10.00. The first-order valence-electron chi connectivity index (χ1n) is 7.57. The lowest BCUT2D eigenvalue weighted by Gasteiger charge is -2.11. The highest BCUT2D eigenvalue weighted by Crippen LogP contribution is 2.12. The molecule has 0 aliphatic rings. The van der Waals surface area contributed by atoms with Gasteiger partial charge in [-0.3, -0.25) is 0 Å². The maximum atomic E-state index is 10.1. The Morgan fingerprint density at radius 3 is 2.15 bits per heavy atom. The highest BCUT2D eigenvalue weighted by molar-refractivity contribution is 5.23. The summed E-state index contributed by atoms with van der Waals surface area (Å²) in [4.78, 5) is 0. The molecule has 1 nitrogen and oxygen atoms in total. The molecule has 2 aromatic rings. The van der Waals surface area contributed by atoms with Crippen LogP contribution in [0, 0.1) is 0 Å². The van der Waals surface area contributed by atoms with E-state index < -0.39 is 0 Å². The molecule has 1 heteroatoms. The van der Waals surface area contributed by atoms with Crippen molar-refractivity contribution in [1.82, 2.24) is 0 Å². The molecule has 0 radical (unpaired) electrons. The lowest BCUT2D eigenvalue weighted by molar-refractivity contribution is 0.162. The normalized spacial score (nSPS) is 12.3. The molecule has 1 N–H and O–H groups in total. The predicted molar refractivity (Wildman–Crippen MR) is 84.9 cm³/mol. The largest absolute Gasteiger partial charge is 0.393 e. The molecule has 0 heterocycles. The van der Waals surface area contributed by atoms with Crippen LogP contribution in [-0.2, 0) is 19.3 Å². The Kier molecular flexibility index (Phi) is 5.82. The third-order valence-electron chi connectivity index (χ3n) is 3.75. The first-order chi connectivity index (χ1) is 9.78. The fourth-order valence-corrected chi connectivity index (χ4v) is 2.47. The molecule has 2 aromatic carbocycles. The van der Waals surface area contributed by atoms with E-state index >= 15 is 0 Å². The molecule has 1 unspecified atom stereocenters. The summed E-state index contributed by atoms with van der Waals surface area (Å²) >= 11 is 0. The van der Waals surface area contributed by atoms with Crippen LogP contribution in [0.5, 0.6) is 0 Å². The van der Waals surface area contributed by atoms with Crippen LogP contribution < -0.4 is 0 Å². The molecule has 20 heavy (non-hydrogen) atoms. The second kappa shape index (κ2) is 7.86. The van der Waals surface area contributed by atoms with Crippen molar-refractivity contribution < 1.29 is 5.11 Å². The zero-order valence-electron chi connectivity index (χ0n) is 12.3. The maximum Gasteiger partial charge on any atom is 0.0580 e. The van der Waals surface area contributed by atoms with E-state index in [2.05, 4.69) is 55.5 Å². The molecule has 0 aliphatic heterocycles. The minimum Gasteiger partial charge on any atom is -0.393 e. The van der Waals surface area contributed by atoms with Crippen LogP contribution in [0.25, 0.3) is 0 Å². The van der Waals surface area contributed by atoms with Crippen molar-refractivity contribution in [2.24, 2.45) is 0 Å². The predicted octanol–water partition coefficient (Wildman–Crippen LogP) is 4.18. The summed E-state index contributed by atoms with van der Waals surface area (Å²) in [6, 6.07) is 19.1. The van der Waals surface area contributed by atoms with E-state index in [4.69, 9.17) is 0 Å². The van der Waals surface area contributed by atoms with Gasteiger partial charge in [-0.15, -0.1) is 0 Å². The molecule has 0 amide bonds. The summed E-state index contributed by atoms with van der Waals surface area (Å²) in [6.45, 7) is 2.16. The third-order valence-corrected chi connectivity index (χ3v) is 3.75. The Labute approximate surface area is 122 Å². The minimum absolute atomic E-state index is 0.230. The second-order valence-electron chi connectivity index (χ2n) is 5.41. The number of hydrogen-bond acceptors (Lipinski definition) is 1. The standard InChI is InChI=1S/C19H24O/c1-2-16-11-13-18(14-12-16)15-19(20)10-6-9-17-7-4-3-5-8-17/h3-5,7-8,11-14,19-20H,2,6,9-10,15H2,1H3. The van der Waals surface area contributed by atoms with Gasteiger partial charge in [0.1, 0.15) is 0 Å². The highest BCUT2D eigenvalue weighted by atomic mass is 16.3. The van der Waals surface area contributed by atoms with Crippen molar-refractivity contribution in [1.29, 1.82) is 0 Å². The van der Waals surface area contributed by atoms with Gasteiger partial charge in [-0.05, 0) is 48.8 Å². The molecule has 0 aromatic heterocycles. The number of hydrogen-bond donors (Lipinski definition) is 1. The zero-order valence-corrected chi connectivity index (χ0v) is 12.3. The Morgan fingerprint density at radius 2 is 1.50 bits per heavy atom. The van der Waals surface area contributed by atoms with Gasteiger partial charge in [-0.2, -0.15) is 0 Å². The Bertz CT molecular complexity index is 487. The molecular weight excluding hydrogens is 244 g/mol. The topological polar surface area (TPSA) is 20.2 Å². The molecule has 0 saturated heterocycles. The first-order valence-corrected chi connectivity index (χ1v) is 7.57.